The minimum atomic E-state index is 0.318. The molecule has 1 atom stereocenters. The summed E-state index contributed by atoms with van der Waals surface area (Å²) >= 11 is 0. The van der Waals surface area contributed by atoms with Gasteiger partial charge in [0.25, 0.3) is 0 Å². The fourth-order valence-electron chi connectivity index (χ4n) is 2.75. The van der Waals surface area contributed by atoms with Crippen molar-refractivity contribution >= 4 is 0 Å². The van der Waals surface area contributed by atoms with E-state index in [9.17, 15) is 0 Å². The lowest BCUT2D eigenvalue weighted by molar-refractivity contribution is 0.260. The van der Waals surface area contributed by atoms with Gasteiger partial charge >= 0.3 is 0 Å². The summed E-state index contributed by atoms with van der Waals surface area (Å²) in [7, 11) is 0. The van der Waals surface area contributed by atoms with E-state index in [0.29, 0.717) is 11.5 Å². The van der Waals surface area contributed by atoms with Gasteiger partial charge < -0.3 is 5.32 Å². The van der Waals surface area contributed by atoms with Crippen LogP contribution < -0.4 is 5.32 Å². The van der Waals surface area contributed by atoms with Crippen LogP contribution in [0.4, 0.5) is 0 Å². The third-order valence-corrected chi connectivity index (χ3v) is 3.68. The predicted octanol–water partition coefficient (Wildman–Crippen LogP) is 3.56. The molecule has 1 N–H and O–H groups in total. The summed E-state index contributed by atoms with van der Waals surface area (Å²) in [6.45, 7) is 15.4. The average molecular weight is 265 g/mol. The molecule has 110 valence electrons. The van der Waals surface area contributed by atoms with Crippen LogP contribution in [0.25, 0.3) is 0 Å². The van der Waals surface area contributed by atoms with Crippen molar-refractivity contribution in [3.63, 3.8) is 0 Å². The number of nitrogens with one attached hydrogen (secondary N) is 1. The molecule has 0 radical (unpaired) electrons. The summed E-state index contributed by atoms with van der Waals surface area (Å²) in [6.07, 6.45) is 3.59. The lowest BCUT2D eigenvalue weighted by Crippen LogP contribution is -2.37. The second-order valence-corrected chi connectivity index (χ2v) is 6.37. The van der Waals surface area contributed by atoms with Crippen LogP contribution in [0.3, 0.4) is 0 Å². The summed E-state index contributed by atoms with van der Waals surface area (Å²) in [4.78, 5) is 0. The fourth-order valence-corrected chi connectivity index (χ4v) is 2.75. The second kappa shape index (κ2) is 7.09. The Labute approximate surface area is 118 Å². The molecular formula is C16H31N3. The monoisotopic (exact) mass is 265 g/mol. The molecule has 0 spiro atoms. The summed E-state index contributed by atoms with van der Waals surface area (Å²) in [5.41, 5.74) is 2.83. The zero-order valence-electron chi connectivity index (χ0n) is 13.6. The van der Waals surface area contributed by atoms with Crippen molar-refractivity contribution in [2.24, 2.45) is 5.41 Å². The molecule has 0 saturated heterocycles. The summed E-state index contributed by atoms with van der Waals surface area (Å²) in [6, 6.07) is 2.79. The third kappa shape index (κ3) is 4.98. The van der Waals surface area contributed by atoms with Crippen molar-refractivity contribution in [3.8, 4) is 0 Å². The average Bonchev–Trinajstić information content (AvgIpc) is 2.67. The quantitative estimate of drug-likeness (QED) is 0.779. The summed E-state index contributed by atoms with van der Waals surface area (Å²) in [5.74, 6) is 0. The highest BCUT2D eigenvalue weighted by Gasteiger charge is 2.25. The normalized spacial score (nSPS) is 14.9. The van der Waals surface area contributed by atoms with E-state index in [2.05, 4.69) is 62.7 Å². The molecule has 0 fully saturated rings. The molecule has 0 saturated carbocycles. The van der Waals surface area contributed by atoms with E-state index in [-0.39, 0.29) is 0 Å². The Bertz CT molecular complexity index is 381. The Hall–Kier alpha value is -0.830. The molecule has 0 aliphatic carbocycles. The molecule has 1 aromatic rings. The number of hydrogen-bond donors (Lipinski definition) is 1. The molecule has 3 heteroatoms. The van der Waals surface area contributed by atoms with Crippen LogP contribution in [0.15, 0.2) is 6.07 Å². The molecule has 0 bridgehead atoms. The third-order valence-electron chi connectivity index (χ3n) is 3.68. The number of hydrogen-bond acceptors (Lipinski definition) is 2. The van der Waals surface area contributed by atoms with Gasteiger partial charge in [0.2, 0.25) is 0 Å². The summed E-state index contributed by atoms with van der Waals surface area (Å²) in [5, 5.41) is 8.17. The first-order valence-corrected chi connectivity index (χ1v) is 7.67. The smallest absolute Gasteiger partial charge is 0.0596 e. The van der Waals surface area contributed by atoms with Crippen molar-refractivity contribution in [1.29, 1.82) is 0 Å². The number of aromatic nitrogens is 2. The standard InChI is InChI=1S/C16H31N3/c1-7-9-16(6,12-17-13(3)4)11-15-10-14(5)18-19(15)8-2/h10,13,17H,7-9,11-12H2,1-6H3. The zero-order valence-corrected chi connectivity index (χ0v) is 13.6. The largest absolute Gasteiger partial charge is 0.314 e. The molecule has 1 unspecified atom stereocenters. The summed E-state index contributed by atoms with van der Waals surface area (Å²) < 4.78 is 2.15. The van der Waals surface area contributed by atoms with Crippen LogP contribution in [-0.2, 0) is 13.0 Å². The van der Waals surface area contributed by atoms with E-state index in [1.807, 2.05) is 0 Å². The molecule has 0 aliphatic rings. The minimum Gasteiger partial charge on any atom is -0.314 e. The Morgan fingerprint density at radius 3 is 2.58 bits per heavy atom. The van der Waals surface area contributed by atoms with Gasteiger partial charge in [-0.1, -0.05) is 34.1 Å². The van der Waals surface area contributed by atoms with Gasteiger partial charge in [-0.2, -0.15) is 5.10 Å². The molecule has 0 amide bonds. The topological polar surface area (TPSA) is 29.9 Å². The highest BCUT2D eigenvalue weighted by Crippen LogP contribution is 2.28. The zero-order chi connectivity index (χ0) is 14.5. The highest BCUT2D eigenvalue weighted by atomic mass is 15.3. The lowest BCUT2D eigenvalue weighted by atomic mass is 9.80. The SMILES string of the molecule is CCCC(C)(CNC(C)C)Cc1cc(C)nn1CC. The predicted molar refractivity (Wildman–Crippen MR) is 82.5 cm³/mol. The van der Waals surface area contributed by atoms with Gasteiger partial charge in [0, 0.05) is 24.8 Å². The van der Waals surface area contributed by atoms with Crippen molar-refractivity contribution in [2.45, 2.75) is 73.4 Å². The Kier molecular flexibility index (Phi) is 6.05. The van der Waals surface area contributed by atoms with Gasteiger partial charge in [-0.15, -0.1) is 0 Å². The van der Waals surface area contributed by atoms with E-state index in [1.165, 1.54) is 18.5 Å². The van der Waals surface area contributed by atoms with Crippen LogP contribution in [0.1, 0.15) is 58.8 Å². The molecule has 1 aromatic heterocycles. The minimum absolute atomic E-state index is 0.318. The van der Waals surface area contributed by atoms with Crippen LogP contribution >= 0.6 is 0 Å². The Morgan fingerprint density at radius 1 is 1.37 bits per heavy atom. The van der Waals surface area contributed by atoms with Crippen molar-refractivity contribution in [2.75, 3.05) is 6.54 Å². The first-order valence-electron chi connectivity index (χ1n) is 7.67. The van der Waals surface area contributed by atoms with E-state index in [0.717, 1.165) is 25.2 Å². The van der Waals surface area contributed by atoms with Gasteiger partial charge in [-0.3, -0.25) is 4.68 Å². The second-order valence-electron chi connectivity index (χ2n) is 6.37. The van der Waals surface area contributed by atoms with Crippen molar-refractivity contribution in [1.82, 2.24) is 15.1 Å². The molecule has 1 rings (SSSR count). The first-order chi connectivity index (χ1) is 8.90. The Balaban J connectivity index is 2.81. The maximum atomic E-state index is 4.56. The van der Waals surface area contributed by atoms with Crippen molar-refractivity contribution in [3.05, 3.63) is 17.5 Å². The molecule has 0 aromatic carbocycles. The fraction of sp³-hybridized carbons (Fsp3) is 0.812. The van der Waals surface area contributed by atoms with E-state index < -0.39 is 0 Å². The number of aryl methyl sites for hydroxylation is 2. The number of rotatable bonds is 8. The van der Waals surface area contributed by atoms with Gasteiger partial charge in [0.15, 0.2) is 0 Å². The van der Waals surface area contributed by atoms with Crippen LogP contribution in [0, 0.1) is 12.3 Å². The first kappa shape index (κ1) is 16.2. The van der Waals surface area contributed by atoms with E-state index in [1.54, 1.807) is 0 Å². The Morgan fingerprint density at radius 2 is 2.05 bits per heavy atom. The van der Waals surface area contributed by atoms with E-state index >= 15 is 0 Å². The van der Waals surface area contributed by atoms with E-state index in [4.69, 9.17) is 0 Å². The van der Waals surface area contributed by atoms with Crippen LogP contribution in [0.2, 0.25) is 0 Å². The van der Waals surface area contributed by atoms with Gasteiger partial charge in [0.1, 0.15) is 0 Å². The molecule has 1 heterocycles. The van der Waals surface area contributed by atoms with Gasteiger partial charge in [0.05, 0.1) is 5.69 Å². The van der Waals surface area contributed by atoms with Gasteiger partial charge in [-0.05, 0) is 38.2 Å². The maximum absolute atomic E-state index is 4.56. The van der Waals surface area contributed by atoms with Crippen molar-refractivity contribution < 1.29 is 0 Å². The van der Waals surface area contributed by atoms with Crippen LogP contribution in [-0.4, -0.2) is 22.4 Å². The molecular weight excluding hydrogens is 234 g/mol. The molecule has 3 nitrogen and oxygen atoms in total. The van der Waals surface area contributed by atoms with Gasteiger partial charge in [-0.25, -0.2) is 0 Å². The maximum Gasteiger partial charge on any atom is 0.0596 e. The highest BCUT2D eigenvalue weighted by molar-refractivity contribution is 5.11. The number of nitrogens with zero attached hydrogens (tertiary/aromatic N) is 2. The molecule has 19 heavy (non-hydrogen) atoms. The van der Waals surface area contributed by atoms with Crippen LogP contribution in [0.5, 0.6) is 0 Å². The lowest BCUT2D eigenvalue weighted by Gasteiger charge is -2.31. The molecule has 0 aliphatic heterocycles.